The average molecular weight is 473 g/mol. The minimum Gasteiger partial charge on any atom is -0.508 e. The van der Waals surface area contributed by atoms with Crippen LogP contribution in [0.4, 0.5) is 0 Å². The molecule has 6 N–H and O–H groups in total. The number of nitrogens with two attached hydrogens (primary N) is 2. The molecule has 9 heteroatoms. The van der Waals surface area contributed by atoms with Gasteiger partial charge in [0, 0.05) is 12.1 Å². The van der Waals surface area contributed by atoms with E-state index in [0.29, 0.717) is 27.8 Å². The third-order valence-corrected chi connectivity index (χ3v) is 5.60. The molecule has 0 fully saturated rings. The van der Waals surface area contributed by atoms with Crippen LogP contribution in [-0.4, -0.2) is 34.5 Å². The lowest BCUT2D eigenvalue weighted by Crippen LogP contribution is -2.20. The second-order valence-electron chi connectivity index (χ2n) is 7.89. The number of carbonyl (C=O) groups excluding carboxylic acids is 2. The zero-order valence-electron chi connectivity index (χ0n) is 18.9. The summed E-state index contributed by atoms with van der Waals surface area (Å²) in [7, 11) is 1.47. The molecule has 1 heterocycles. The molecule has 3 aromatic carbocycles. The van der Waals surface area contributed by atoms with Crippen LogP contribution >= 0.6 is 0 Å². The standard InChI is InChI=1S/C26H24N4O5/c1-34-20-7-3-6-19-21(20)22(25(29)32)23(26(33)35-14-15-8-10-18(31)11-9-15)30(19)13-16-4-2-5-17(12-16)24(27)28/h2-12,31H,13-14H2,1H3,(H3,27,28)(H2,29,32). The molecule has 0 atom stereocenters. The van der Waals surface area contributed by atoms with E-state index in [9.17, 15) is 14.7 Å². The van der Waals surface area contributed by atoms with Crippen molar-refractivity contribution in [3.8, 4) is 11.5 Å². The molecule has 4 aromatic rings. The Morgan fingerprint density at radius 1 is 1.00 bits per heavy atom. The molecule has 0 aliphatic carbocycles. The number of esters is 1. The van der Waals surface area contributed by atoms with Gasteiger partial charge in [-0.15, -0.1) is 0 Å². The maximum Gasteiger partial charge on any atom is 0.356 e. The molecular weight excluding hydrogens is 448 g/mol. The van der Waals surface area contributed by atoms with Crippen molar-refractivity contribution >= 4 is 28.6 Å². The molecule has 0 unspecified atom stereocenters. The van der Waals surface area contributed by atoms with Crippen molar-refractivity contribution < 1.29 is 24.2 Å². The van der Waals surface area contributed by atoms with E-state index in [1.54, 1.807) is 53.1 Å². The number of methoxy groups -OCH3 is 1. The Labute approximate surface area is 201 Å². The Bertz CT molecular complexity index is 1440. The second kappa shape index (κ2) is 9.60. The van der Waals surface area contributed by atoms with Gasteiger partial charge in [-0.05, 0) is 41.5 Å². The van der Waals surface area contributed by atoms with Crippen LogP contribution in [0.3, 0.4) is 0 Å². The van der Waals surface area contributed by atoms with Crippen molar-refractivity contribution in [2.24, 2.45) is 11.5 Å². The lowest BCUT2D eigenvalue weighted by Gasteiger charge is -2.13. The molecule has 0 radical (unpaired) electrons. The Kier molecular flexibility index (Phi) is 6.41. The molecule has 0 aliphatic heterocycles. The highest BCUT2D eigenvalue weighted by Gasteiger charge is 2.29. The highest BCUT2D eigenvalue weighted by atomic mass is 16.5. The third-order valence-electron chi connectivity index (χ3n) is 5.60. The van der Waals surface area contributed by atoms with E-state index in [2.05, 4.69) is 0 Å². The number of carbonyl (C=O) groups is 2. The van der Waals surface area contributed by atoms with Crippen LogP contribution in [0.2, 0.25) is 0 Å². The molecule has 1 amide bonds. The SMILES string of the molecule is COc1cccc2c1c(C(N)=O)c(C(=O)OCc1ccc(O)cc1)n2Cc1cccc(C(=N)N)c1. The largest absolute Gasteiger partial charge is 0.508 e. The van der Waals surface area contributed by atoms with Gasteiger partial charge in [0.25, 0.3) is 5.91 Å². The first-order valence-corrected chi connectivity index (χ1v) is 10.7. The zero-order valence-corrected chi connectivity index (χ0v) is 18.9. The minimum absolute atomic E-state index is 0.00382. The van der Waals surface area contributed by atoms with Crippen LogP contribution in [0.25, 0.3) is 10.9 Å². The van der Waals surface area contributed by atoms with Crippen molar-refractivity contribution in [2.75, 3.05) is 7.11 Å². The van der Waals surface area contributed by atoms with E-state index in [1.807, 2.05) is 6.07 Å². The summed E-state index contributed by atoms with van der Waals surface area (Å²) in [5, 5.41) is 17.6. The van der Waals surface area contributed by atoms with Crippen LogP contribution in [0, 0.1) is 5.41 Å². The van der Waals surface area contributed by atoms with Gasteiger partial charge in [-0.3, -0.25) is 10.2 Å². The van der Waals surface area contributed by atoms with Crippen LogP contribution < -0.4 is 16.2 Å². The summed E-state index contributed by atoms with van der Waals surface area (Å²) in [6.45, 7) is 0.109. The van der Waals surface area contributed by atoms with Gasteiger partial charge in [0.2, 0.25) is 0 Å². The Morgan fingerprint density at radius 3 is 2.37 bits per heavy atom. The van der Waals surface area contributed by atoms with Gasteiger partial charge in [0.05, 0.1) is 23.6 Å². The Balaban J connectivity index is 1.85. The number of phenols is 1. The summed E-state index contributed by atoms with van der Waals surface area (Å²) >= 11 is 0. The fraction of sp³-hybridized carbons (Fsp3) is 0.115. The van der Waals surface area contributed by atoms with E-state index in [1.165, 1.54) is 19.2 Å². The molecule has 0 bridgehead atoms. The van der Waals surface area contributed by atoms with Crippen molar-refractivity contribution in [1.82, 2.24) is 4.57 Å². The van der Waals surface area contributed by atoms with E-state index >= 15 is 0 Å². The van der Waals surface area contributed by atoms with Gasteiger partial charge in [0.1, 0.15) is 29.6 Å². The van der Waals surface area contributed by atoms with Gasteiger partial charge >= 0.3 is 5.97 Å². The summed E-state index contributed by atoms with van der Waals surface area (Å²) in [4.78, 5) is 26.0. The van der Waals surface area contributed by atoms with E-state index < -0.39 is 11.9 Å². The monoisotopic (exact) mass is 472 g/mol. The number of amidine groups is 1. The normalized spacial score (nSPS) is 10.8. The van der Waals surface area contributed by atoms with Crippen molar-refractivity contribution in [1.29, 1.82) is 5.41 Å². The van der Waals surface area contributed by atoms with Crippen LogP contribution in [0.1, 0.15) is 37.5 Å². The lowest BCUT2D eigenvalue weighted by atomic mass is 10.1. The number of ether oxygens (including phenoxy) is 2. The first kappa shape index (κ1) is 23.4. The predicted molar refractivity (Wildman–Crippen MR) is 131 cm³/mol. The number of benzene rings is 3. The molecule has 0 saturated heterocycles. The maximum atomic E-state index is 13.4. The minimum atomic E-state index is -0.799. The molecule has 4 rings (SSSR count). The van der Waals surface area contributed by atoms with Crippen molar-refractivity contribution in [3.63, 3.8) is 0 Å². The molecule has 1 aromatic heterocycles. The number of nitrogens with zero attached hydrogens (tertiary/aromatic N) is 1. The average Bonchev–Trinajstić information content (AvgIpc) is 3.18. The summed E-state index contributed by atoms with van der Waals surface area (Å²) in [6.07, 6.45) is 0. The van der Waals surface area contributed by atoms with Crippen molar-refractivity contribution in [2.45, 2.75) is 13.2 Å². The number of amides is 1. The molecular formula is C26H24N4O5. The quantitative estimate of drug-likeness (QED) is 0.175. The number of nitrogens with one attached hydrogen (secondary N) is 1. The first-order chi connectivity index (χ1) is 16.8. The van der Waals surface area contributed by atoms with Crippen LogP contribution in [-0.2, 0) is 17.9 Å². The smallest absolute Gasteiger partial charge is 0.356 e. The number of nitrogen functional groups attached to an aromatic ring is 1. The van der Waals surface area contributed by atoms with Gasteiger partial charge in [-0.1, -0.05) is 36.4 Å². The number of hydrogen-bond acceptors (Lipinski definition) is 6. The summed E-state index contributed by atoms with van der Waals surface area (Å²) < 4.78 is 12.7. The predicted octanol–water partition coefficient (Wildman–Crippen LogP) is 3.14. The lowest BCUT2D eigenvalue weighted by molar-refractivity contribution is 0.0458. The van der Waals surface area contributed by atoms with Crippen molar-refractivity contribution in [3.05, 3.63) is 94.7 Å². The number of phenolic OH excluding ortho intramolecular Hbond substituents is 1. The van der Waals surface area contributed by atoms with Gasteiger partial charge < -0.3 is 30.6 Å². The topological polar surface area (TPSA) is 154 Å². The molecule has 0 spiro atoms. The summed E-state index contributed by atoms with van der Waals surface area (Å²) in [6, 6.07) is 18.5. The summed E-state index contributed by atoms with van der Waals surface area (Å²) in [5.74, 6) is -1.14. The zero-order chi connectivity index (χ0) is 25.1. The highest BCUT2D eigenvalue weighted by molar-refractivity contribution is 6.16. The summed E-state index contributed by atoms with van der Waals surface area (Å²) in [5.41, 5.74) is 13.9. The van der Waals surface area contributed by atoms with Gasteiger partial charge in [0.15, 0.2) is 0 Å². The number of aromatic hydroxyl groups is 1. The number of rotatable bonds is 8. The molecule has 9 nitrogen and oxygen atoms in total. The molecule has 0 saturated carbocycles. The first-order valence-electron chi connectivity index (χ1n) is 10.7. The molecule has 178 valence electrons. The fourth-order valence-electron chi connectivity index (χ4n) is 3.99. The fourth-order valence-corrected chi connectivity index (χ4v) is 3.99. The van der Waals surface area contributed by atoms with Gasteiger partial charge in [-0.25, -0.2) is 4.79 Å². The van der Waals surface area contributed by atoms with E-state index in [0.717, 1.165) is 5.56 Å². The van der Waals surface area contributed by atoms with Crippen LogP contribution in [0.5, 0.6) is 11.5 Å². The number of hydrogen-bond donors (Lipinski definition) is 4. The second-order valence-corrected chi connectivity index (χ2v) is 7.89. The Hall–Kier alpha value is -4.79. The molecule has 35 heavy (non-hydrogen) atoms. The highest BCUT2D eigenvalue weighted by Crippen LogP contribution is 2.35. The number of aromatic nitrogens is 1. The van der Waals surface area contributed by atoms with Gasteiger partial charge in [-0.2, -0.15) is 0 Å². The van der Waals surface area contributed by atoms with E-state index in [-0.39, 0.29) is 36.0 Å². The van der Waals surface area contributed by atoms with Crippen LogP contribution in [0.15, 0.2) is 66.7 Å². The number of fused-ring (bicyclic) bond motifs is 1. The maximum absolute atomic E-state index is 13.4. The Morgan fingerprint density at radius 2 is 1.71 bits per heavy atom. The van der Waals surface area contributed by atoms with E-state index in [4.69, 9.17) is 26.4 Å². The number of primary amides is 1. The third kappa shape index (κ3) is 4.65. The molecule has 0 aliphatic rings.